The fraction of sp³-hybridized carbons (Fsp3) is 0.333. The Labute approximate surface area is 164 Å². The number of pyridine rings is 1. The summed E-state index contributed by atoms with van der Waals surface area (Å²) in [6, 6.07) is 9.70. The molecule has 0 bridgehead atoms. The Morgan fingerprint density at radius 2 is 1.96 bits per heavy atom. The van der Waals surface area contributed by atoms with Gasteiger partial charge < -0.3 is 19.7 Å². The van der Waals surface area contributed by atoms with Crippen molar-refractivity contribution in [3.8, 4) is 11.5 Å². The van der Waals surface area contributed by atoms with Gasteiger partial charge >= 0.3 is 0 Å². The van der Waals surface area contributed by atoms with Gasteiger partial charge in [-0.1, -0.05) is 12.1 Å². The summed E-state index contributed by atoms with van der Waals surface area (Å²) in [5, 5.41) is 3.19. The van der Waals surface area contributed by atoms with E-state index in [1.807, 2.05) is 23.1 Å². The molecule has 1 fully saturated rings. The average molecular weight is 380 g/mol. The Balaban J connectivity index is 1.32. The molecule has 0 saturated carbocycles. The molecule has 1 saturated heterocycles. The molecular formula is C21H24N4O3. The number of amides is 1. The van der Waals surface area contributed by atoms with Gasteiger partial charge in [-0.2, -0.15) is 0 Å². The maximum atomic E-state index is 12.8. The second-order valence-corrected chi connectivity index (χ2v) is 6.86. The van der Waals surface area contributed by atoms with Crippen LogP contribution in [-0.4, -0.2) is 60.2 Å². The van der Waals surface area contributed by atoms with Crippen molar-refractivity contribution in [2.24, 2.45) is 0 Å². The third-order valence-electron chi connectivity index (χ3n) is 4.93. The number of piperazine rings is 1. The highest BCUT2D eigenvalue weighted by atomic mass is 16.7. The largest absolute Gasteiger partial charge is 0.454 e. The van der Waals surface area contributed by atoms with Crippen LogP contribution in [0.1, 0.15) is 16.1 Å². The van der Waals surface area contributed by atoms with Crippen molar-refractivity contribution in [1.82, 2.24) is 14.8 Å². The van der Waals surface area contributed by atoms with Crippen LogP contribution in [0.15, 0.2) is 49.2 Å². The molecule has 0 spiro atoms. The van der Waals surface area contributed by atoms with Crippen molar-refractivity contribution in [3.05, 3.63) is 60.4 Å². The summed E-state index contributed by atoms with van der Waals surface area (Å²) in [6.07, 6.45) is 3.44. The van der Waals surface area contributed by atoms with E-state index in [1.165, 1.54) is 5.56 Å². The van der Waals surface area contributed by atoms with Gasteiger partial charge in [-0.05, 0) is 29.8 Å². The van der Waals surface area contributed by atoms with E-state index in [2.05, 4.69) is 27.8 Å². The highest BCUT2D eigenvalue weighted by Crippen LogP contribution is 2.32. The molecule has 1 aromatic carbocycles. The first kappa shape index (κ1) is 18.3. The van der Waals surface area contributed by atoms with Gasteiger partial charge in [-0.15, -0.1) is 6.58 Å². The lowest BCUT2D eigenvalue weighted by atomic mass is 10.1. The fourth-order valence-electron chi connectivity index (χ4n) is 3.42. The molecule has 1 N–H and O–H groups in total. The van der Waals surface area contributed by atoms with Crippen LogP contribution >= 0.6 is 0 Å². The van der Waals surface area contributed by atoms with Crippen LogP contribution in [0.25, 0.3) is 0 Å². The van der Waals surface area contributed by atoms with E-state index in [1.54, 1.807) is 18.3 Å². The number of benzene rings is 1. The molecule has 1 aromatic heterocycles. The summed E-state index contributed by atoms with van der Waals surface area (Å²) in [6.45, 7) is 8.50. The Morgan fingerprint density at radius 1 is 1.14 bits per heavy atom. The smallest absolute Gasteiger partial charge is 0.272 e. The fourth-order valence-corrected chi connectivity index (χ4v) is 3.42. The Hall–Kier alpha value is -3.06. The van der Waals surface area contributed by atoms with E-state index in [0.29, 0.717) is 25.3 Å². The van der Waals surface area contributed by atoms with Crippen molar-refractivity contribution >= 4 is 11.6 Å². The van der Waals surface area contributed by atoms with E-state index >= 15 is 0 Å². The number of hydrogen-bond donors (Lipinski definition) is 1. The molecule has 0 aliphatic carbocycles. The van der Waals surface area contributed by atoms with Gasteiger partial charge in [0.05, 0.1) is 0 Å². The first-order valence-corrected chi connectivity index (χ1v) is 9.44. The number of hydrogen-bond acceptors (Lipinski definition) is 6. The van der Waals surface area contributed by atoms with Crippen molar-refractivity contribution in [2.45, 2.75) is 6.54 Å². The standard InChI is InChI=1S/C21H24N4O3/c1-2-6-22-17-5-7-23-18(13-17)21(26)25-10-8-24(9-11-25)14-16-3-4-19-20(12-16)28-15-27-19/h2-5,7,12-13H,1,6,8-11,14-15H2,(H,22,23). The van der Waals surface area contributed by atoms with Crippen molar-refractivity contribution in [1.29, 1.82) is 0 Å². The minimum absolute atomic E-state index is 0.0232. The number of ether oxygens (including phenoxy) is 2. The summed E-state index contributed by atoms with van der Waals surface area (Å²) >= 11 is 0. The monoisotopic (exact) mass is 380 g/mol. The number of carbonyl (C=O) groups excluding carboxylic acids is 1. The van der Waals surface area contributed by atoms with E-state index in [9.17, 15) is 4.79 Å². The first-order chi connectivity index (χ1) is 13.7. The third kappa shape index (κ3) is 4.09. The van der Waals surface area contributed by atoms with Crippen LogP contribution in [0.4, 0.5) is 5.69 Å². The summed E-state index contributed by atoms with van der Waals surface area (Å²) in [5.74, 6) is 1.59. The summed E-state index contributed by atoms with van der Waals surface area (Å²) in [4.78, 5) is 21.2. The zero-order valence-corrected chi connectivity index (χ0v) is 15.8. The molecule has 2 aliphatic heterocycles. The van der Waals surface area contributed by atoms with Crippen molar-refractivity contribution in [3.63, 3.8) is 0 Å². The van der Waals surface area contributed by atoms with Gasteiger partial charge in [0.15, 0.2) is 11.5 Å². The summed E-state index contributed by atoms with van der Waals surface area (Å²) in [5.41, 5.74) is 2.53. The lowest BCUT2D eigenvalue weighted by Gasteiger charge is -2.34. The van der Waals surface area contributed by atoms with Crippen LogP contribution in [-0.2, 0) is 6.54 Å². The van der Waals surface area contributed by atoms with E-state index in [0.717, 1.165) is 36.8 Å². The zero-order valence-electron chi connectivity index (χ0n) is 15.8. The number of anilines is 1. The second kappa shape index (κ2) is 8.31. The van der Waals surface area contributed by atoms with Crippen LogP contribution in [0, 0.1) is 0 Å². The quantitative estimate of drug-likeness (QED) is 0.776. The molecule has 7 heteroatoms. The topological polar surface area (TPSA) is 66.9 Å². The number of aromatic nitrogens is 1. The van der Waals surface area contributed by atoms with Crippen molar-refractivity contribution in [2.75, 3.05) is 44.8 Å². The van der Waals surface area contributed by atoms with E-state index in [-0.39, 0.29) is 12.7 Å². The van der Waals surface area contributed by atoms with Crippen LogP contribution < -0.4 is 14.8 Å². The number of fused-ring (bicyclic) bond motifs is 1. The zero-order chi connectivity index (χ0) is 19.3. The third-order valence-corrected chi connectivity index (χ3v) is 4.93. The molecule has 0 radical (unpaired) electrons. The molecular weight excluding hydrogens is 356 g/mol. The second-order valence-electron chi connectivity index (χ2n) is 6.86. The average Bonchev–Trinajstić information content (AvgIpc) is 3.20. The van der Waals surface area contributed by atoms with Crippen LogP contribution in [0.3, 0.4) is 0 Å². The number of carbonyl (C=O) groups is 1. The Bertz CT molecular complexity index is 862. The molecule has 2 aliphatic rings. The SMILES string of the molecule is C=CCNc1ccnc(C(=O)N2CCN(Cc3ccc4c(c3)OCO4)CC2)c1. The van der Waals surface area contributed by atoms with E-state index in [4.69, 9.17) is 9.47 Å². The molecule has 4 rings (SSSR count). The Morgan fingerprint density at radius 3 is 2.79 bits per heavy atom. The molecule has 7 nitrogen and oxygen atoms in total. The number of rotatable bonds is 6. The maximum Gasteiger partial charge on any atom is 0.272 e. The molecule has 146 valence electrons. The van der Waals surface area contributed by atoms with Gasteiger partial charge in [-0.3, -0.25) is 14.7 Å². The van der Waals surface area contributed by atoms with Crippen molar-refractivity contribution < 1.29 is 14.3 Å². The van der Waals surface area contributed by atoms with Gasteiger partial charge in [0.25, 0.3) is 5.91 Å². The summed E-state index contributed by atoms with van der Waals surface area (Å²) in [7, 11) is 0. The van der Waals surface area contributed by atoms with Gasteiger partial charge in [0, 0.05) is 51.2 Å². The molecule has 0 atom stereocenters. The Kier molecular flexibility index (Phi) is 5.43. The molecule has 0 unspecified atom stereocenters. The lowest BCUT2D eigenvalue weighted by Crippen LogP contribution is -2.48. The van der Waals surface area contributed by atoms with Crippen LogP contribution in [0.5, 0.6) is 11.5 Å². The number of nitrogens with one attached hydrogen (secondary N) is 1. The number of nitrogens with zero attached hydrogens (tertiary/aromatic N) is 3. The normalized spacial score (nSPS) is 16.1. The minimum Gasteiger partial charge on any atom is -0.454 e. The van der Waals surface area contributed by atoms with Gasteiger partial charge in [0.1, 0.15) is 5.69 Å². The van der Waals surface area contributed by atoms with E-state index < -0.39 is 0 Å². The first-order valence-electron chi connectivity index (χ1n) is 9.44. The molecule has 3 heterocycles. The highest BCUT2D eigenvalue weighted by molar-refractivity contribution is 5.93. The predicted molar refractivity (Wildman–Crippen MR) is 107 cm³/mol. The van der Waals surface area contributed by atoms with Crippen LogP contribution in [0.2, 0.25) is 0 Å². The maximum absolute atomic E-state index is 12.8. The minimum atomic E-state index is -0.0232. The van der Waals surface area contributed by atoms with Gasteiger partial charge in [-0.25, -0.2) is 0 Å². The van der Waals surface area contributed by atoms with Gasteiger partial charge in [0.2, 0.25) is 6.79 Å². The lowest BCUT2D eigenvalue weighted by molar-refractivity contribution is 0.0623. The molecule has 28 heavy (non-hydrogen) atoms. The highest BCUT2D eigenvalue weighted by Gasteiger charge is 2.23. The molecule has 2 aromatic rings. The summed E-state index contributed by atoms with van der Waals surface area (Å²) < 4.78 is 10.8. The molecule has 1 amide bonds. The predicted octanol–water partition coefficient (Wildman–Crippen LogP) is 2.37.